The molecule has 10 aromatic carbocycles. The molecule has 4 heteroatoms. The molecular weight excluding hydrogens is 785 g/mol. The number of anilines is 3. The number of rotatable bonds is 8. The smallest absolute Gasteiger partial charge is 0.227 e. The molecule has 2 heterocycles. The normalized spacial score (nSPS) is 11.5. The molecule has 0 radical (unpaired) electrons. The average molecular weight is 823 g/mol. The predicted molar refractivity (Wildman–Crippen MR) is 266 cm³/mol. The lowest BCUT2D eigenvalue weighted by Crippen LogP contribution is -2.10. The summed E-state index contributed by atoms with van der Waals surface area (Å²) in [6.07, 6.45) is 0. The highest BCUT2D eigenvalue weighted by atomic mass is 32.1. The van der Waals surface area contributed by atoms with Crippen LogP contribution in [0, 0.1) is 0 Å². The number of hydrogen-bond donors (Lipinski definition) is 0. The van der Waals surface area contributed by atoms with E-state index in [1.54, 1.807) is 11.3 Å². The first-order chi connectivity index (χ1) is 31.2. The van der Waals surface area contributed by atoms with Crippen molar-refractivity contribution in [1.29, 1.82) is 0 Å². The quantitative estimate of drug-likeness (QED) is 0.153. The summed E-state index contributed by atoms with van der Waals surface area (Å²) in [5.41, 5.74) is 15.3. The fourth-order valence-corrected chi connectivity index (χ4v) is 10.1. The summed E-state index contributed by atoms with van der Waals surface area (Å²) in [4.78, 5) is 7.29. The maximum Gasteiger partial charge on any atom is 0.227 e. The summed E-state index contributed by atoms with van der Waals surface area (Å²) in [6.45, 7) is 0. The van der Waals surface area contributed by atoms with Gasteiger partial charge in [0, 0.05) is 42.8 Å². The van der Waals surface area contributed by atoms with Crippen molar-refractivity contribution in [1.82, 2.24) is 4.98 Å². The van der Waals surface area contributed by atoms with Crippen molar-refractivity contribution in [3.05, 3.63) is 231 Å². The van der Waals surface area contributed by atoms with Gasteiger partial charge in [0.25, 0.3) is 0 Å². The Morgan fingerprint density at radius 3 is 1.60 bits per heavy atom. The van der Waals surface area contributed by atoms with Crippen LogP contribution in [0.15, 0.2) is 235 Å². The standard InChI is InChI=1S/C59H38N2OS/c1-4-15-40(16-5-1)49-22-12-13-23-50(49)42-26-28-46(29-27-42)61(47-30-32-51(41-17-6-2-7-18-41)52(35-47)45-25-24-39-14-10-11-21-44(39)34-45)48-31-33-57-53(36-48)54-37-56-55(38-58(54)63-57)60-59(62-56)43-19-8-3-9-20-43/h1-38H. The first kappa shape index (κ1) is 36.8. The van der Waals surface area contributed by atoms with E-state index in [-0.39, 0.29) is 0 Å². The first-order valence-corrected chi connectivity index (χ1v) is 22.1. The molecular formula is C59H38N2OS. The maximum atomic E-state index is 6.39. The van der Waals surface area contributed by atoms with Crippen molar-refractivity contribution in [3.63, 3.8) is 0 Å². The molecule has 63 heavy (non-hydrogen) atoms. The molecule has 0 spiro atoms. The van der Waals surface area contributed by atoms with Gasteiger partial charge in [0.05, 0.1) is 0 Å². The van der Waals surface area contributed by atoms with Gasteiger partial charge in [0.1, 0.15) is 5.52 Å². The molecule has 2 aromatic heterocycles. The van der Waals surface area contributed by atoms with Crippen LogP contribution in [-0.4, -0.2) is 4.98 Å². The van der Waals surface area contributed by atoms with Crippen molar-refractivity contribution in [2.24, 2.45) is 0 Å². The largest absolute Gasteiger partial charge is 0.436 e. The molecule has 0 saturated carbocycles. The summed E-state index contributed by atoms with van der Waals surface area (Å²) in [5.74, 6) is 0.635. The van der Waals surface area contributed by atoms with E-state index >= 15 is 0 Å². The number of benzene rings is 10. The Bertz CT molecular complexity index is 3610. The van der Waals surface area contributed by atoms with Crippen molar-refractivity contribution in [3.8, 4) is 56.0 Å². The monoisotopic (exact) mass is 822 g/mol. The van der Waals surface area contributed by atoms with E-state index < -0.39 is 0 Å². The Morgan fingerprint density at radius 2 is 0.889 bits per heavy atom. The van der Waals surface area contributed by atoms with Crippen LogP contribution in [0.2, 0.25) is 0 Å². The van der Waals surface area contributed by atoms with Gasteiger partial charge in [-0.3, -0.25) is 0 Å². The van der Waals surface area contributed by atoms with Gasteiger partial charge < -0.3 is 9.32 Å². The molecule has 0 saturated heterocycles. The number of hydrogen-bond acceptors (Lipinski definition) is 4. The van der Waals surface area contributed by atoms with Crippen LogP contribution in [-0.2, 0) is 0 Å². The van der Waals surface area contributed by atoms with Crippen LogP contribution >= 0.6 is 11.3 Å². The molecule has 0 aliphatic carbocycles. The van der Waals surface area contributed by atoms with Crippen LogP contribution in [0.5, 0.6) is 0 Å². The zero-order chi connectivity index (χ0) is 41.7. The van der Waals surface area contributed by atoms with Crippen LogP contribution in [0.3, 0.4) is 0 Å². The van der Waals surface area contributed by atoms with Crippen molar-refractivity contribution >= 4 is 70.4 Å². The van der Waals surface area contributed by atoms with Crippen molar-refractivity contribution in [2.75, 3.05) is 4.90 Å². The lowest BCUT2D eigenvalue weighted by atomic mass is 9.92. The SMILES string of the molecule is c1ccc(-c2nc3cc4sc5ccc(N(c6ccc(-c7ccccc7-c7ccccc7)cc6)c6ccc(-c7ccccc7)c(-c7ccc8ccccc8c7)c6)cc5c4cc3o2)cc1. The molecule has 12 rings (SSSR count). The second-order valence-corrected chi connectivity index (χ2v) is 17.0. The van der Waals surface area contributed by atoms with E-state index in [0.29, 0.717) is 5.89 Å². The first-order valence-electron chi connectivity index (χ1n) is 21.3. The molecule has 3 nitrogen and oxygen atoms in total. The zero-order valence-corrected chi connectivity index (χ0v) is 35.0. The highest BCUT2D eigenvalue weighted by Gasteiger charge is 2.20. The van der Waals surface area contributed by atoms with Gasteiger partial charge in [-0.1, -0.05) is 158 Å². The second kappa shape index (κ2) is 15.4. The van der Waals surface area contributed by atoms with E-state index in [0.717, 1.165) is 39.1 Å². The second-order valence-electron chi connectivity index (χ2n) is 15.9. The highest BCUT2D eigenvalue weighted by Crippen LogP contribution is 2.45. The fourth-order valence-electron chi connectivity index (χ4n) is 9.01. The van der Waals surface area contributed by atoms with E-state index in [1.807, 2.05) is 30.3 Å². The van der Waals surface area contributed by atoms with Gasteiger partial charge in [-0.05, 0) is 128 Å². The predicted octanol–water partition coefficient (Wildman–Crippen LogP) is 17.2. The lowest BCUT2D eigenvalue weighted by molar-refractivity contribution is 0.620. The Labute approximate surface area is 369 Å². The summed E-state index contributed by atoms with van der Waals surface area (Å²) >= 11 is 1.79. The summed E-state index contributed by atoms with van der Waals surface area (Å²) in [7, 11) is 0. The number of aromatic nitrogens is 1. The van der Waals surface area contributed by atoms with Crippen molar-refractivity contribution < 1.29 is 4.42 Å². The summed E-state index contributed by atoms with van der Waals surface area (Å²) in [6, 6.07) is 82.7. The summed E-state index contributed by atoms with van der Waals surface area (Å²) < 4.78 is 8.79. The molecule has 0 amide bonds. The van der Waals surface area contributed by atoms with Gasteiger partial charge >= 0.3 is 0 Å². The van der Waals surface area contributed by atoms with E-state index in [9.17, 15) is 0 Å². The molecule has 296 valence electrons. The zero-order valence-electron chi connectivity index (χ0n) is 34.2. The van der Waals surface area contributed by atoms with Crippen LogP contribution in [0.1, 0.15) is 0 Å². The minimum Gasteiger partial charge on any atom is -0.436 e. The minimum absolute atomic E-state index is 0.635. The third-order valence-electron chi connectivity index (χ3n) is 12.1. The minimum atomic E-state index is 0.635. The fraction of sp³-hybridized carbons (Fsp3) is 0. The molecule has 0 fully saturated rings. The van der Waals surface area contributed by atoms with Gasteiger partial charge in [0.15, 0.2) is 5.58 Å². The Morgan fingerprint density at radius 1 is 0.349 bits per heavy atom. The van der Waals surface area contributed by atoms with E-state index in [1.165, 1.54) is 70.1 Å². The third kappa shape index (κ3) is 6.74. The Kier molecular flexibility index (Phi) is 9.02. The van der Waals surface area contributed by atoms with E-state index in [2.05, 4.69) is 205 Å². The van der Waals surface area contributed by atoms with Gasteiger partial charge in [-0.2, -0.15) is 0 Å². The third-order valence-corrected chi connectivity index (χ3v) is 13.2. The molecule has 0 unspecified atom stereocenters. The highest BCUT2D eigenvalue weighted by molar-refractivity contribution is 7.25. The number of nitrogens with zero attached hydrogens (tertiary/aromatic N) is 2. The molecule has 0 aliphatic rings. The number of oxazole rings is 1. The molecule has 0 atom stereocenters. The van der Waals surface area contributed by atoms with Crippen LogP contribution < -0.4 is 4.90 Å². The molecule has 12 aromatic rings. The maximum absolute atomic E-state index is 6.39. The topological polar surface area (TPSA) is 29.3 Å². The van der Waals surface area contributed by atoms with Gasteiger partial charge in [-0.15, -0.1) is 11.3 Å². The molecule has 0 aliphatic heterocycles. The lowest BCUT2D eigenvalue weighted by Gasteiger charge is -2.27. The van der Waals surface area contributed by atoms with Gasteiger partial charge in [-0.25, -0.2) is 4.98 Å². The van der Waals surface area contributed by atoms with Crippen LogP contribution in [0.4, 0.5) is 17.1 Å². The Balaban J connectivity index is 1.04. The summed E-state index contributed by atoms with van der Waals surface area (Å²) in [5, 5.41) is 4.78. The van der Waals surface area contributed by atoms with E-state index in [4.69, 9.17) is 9.40 Å². The number of thiophene rings is 1. The molecule has 0 N–H and O–H groups in total. The van der Waals surface area contributed by atoms with Crippen molar-refractivity contribution in [2.45, 2.75) is 0 Å². The van der Waals surface area contributed by atoms with Crippen LogP contribution in [0.25, 0.3) is 98.0 Å². The molecule has 0 bridgehead atoms. The number of fused-ring (bicyclic) bond motifs is 5. The Hall–Kier alpha value is -8.05. The average Bonchev–Trinajstić information content (AvgIpc) is 3.94. The van der Waals surface area contributed by atoms with Gasteiger partial charge in [0.2, 0.25) is 5.89 Å².